The number of hydrogen-bond acceptors (Lipinski definition) is 6. The normalized spacial score (nSPS) is 11.3. The van der Waals surface area contributed by atoms with Gasteiger partial charge in [0, 0.05) is 24.5 Å². The fourth-order valence-electron chi connectivity index (χ4n) is 3.86. The van der Waals surface area contributed by atoms with Crippen LogP contribution in [0.15, 0.2) is 66.7 Å². The van der Waals surface area contributed by atoms with Crippen LogP contribution in [0, 0.1) is 0 Å². The van der Waals surface area contributed by atoms with Gasteiger partial charge in [-0.25, -0.2) is 0 Å². The molecule has 0 saturated heterocycles. The third-order valence-corrected chi connectivity index (χ3v) is 5.30. The van der Waals surface area contributed by atoms with Crippen LogP contribution in [0.2, 0.25) is 0 Å². The largest absolute Gasteiger partial charge is 0.497 e. The smallest absolute Gasteiger partial charge is 0.122 e. The lowest BCUT2D eigenvalue weighted by molar-refractivity contribution is 0.369. The van der Waals surface area contributed by atoms with Gasteiger partial charge >= 0.3 is 0 Å². The Labute approximate surface area is 183 Å². The van der Waals surface area contributed by atoms with E-state index in [0.29, 0.717) is 29.4 Å². The summed E-state index contributed by atoms with van der Waals surface area (Å²) in [5, 5.41) is 0. The van der Waals surface area contributed by atoms with Gasteiger partial charge < -0.3 is 30.4 Å². The van der Waals surface area contributed by atoms with Crippen molar-refractivity contribution in [2.45, 2.75) is 18.0 Å². The van der Waals surface area contributed by atoms with Crippen molar-refractivity contribution in [2.75, 3.05) is 28.4 Å². The molecule has 6 heteroatoms. The first-order valence-corrected chi connectivity index (χ1v) is 9.97. The molecule has 0 radical (unpaired) electrons. The zero-order valence-electron chi connectivity index (χ0n) is 18.4. The number of nitrogens with two attached hydrogens (primary N) is 2. The van der Waals surface area contributed by atoms with Crippen LogP contribution < -0.4 is 30.4 Å². The Balaban J connectivity index is 2.19. The van der Waals surface area contributed by atoms with Gasteiger partial charge in [0.05, 0.1) is 34.1 Å². The van der Waals surface area contributed by atoms with E-state index in [0.717, 1.165) is 16.7 Å². The van der Waals surface area contributed by atoms with Crippen molar-refractivity contribution in [3.8, 4) is 23.0 Å². The van der Waals surface area contributed by atoms with E-state index in [4.69, 9.17) is 30.4 Å². The molecule has 0 unspecified atom stereocenters. The lowest BCUT2D eigenvalue weighted by Crippen LogP contribution is -2.56. The average Bonchev–Trinajstić information content (AvgIpc) is 2.78. The lowest BCUT2D eigenvalue weighted by atomic mass is 9.78. The highest BCUT2D eigenvalue weighted by Gasteiger charge is 2.35. The second-order valence-corrected chi connectivity index (χ2v) is 7.50. The number of benzene rings is 3. The van der Waals surface area contributed by atoms with Crippen LogP contribution in [-0.4, -0.2) is 34.1 Å². The average molecular weight is 423 g/mol. The topological polar surface area (TPSA) is 89.0 Å². The summed E-state index contributed by atoms with van der Waals surface area (Å²) < 4.78 is 22.0. The molecule has 4 N–H and O–H groups in total. The van der Waals surface area contributed by atoms with E-state index >= 15 is 0 Å². The van der Waals surface area contributed by atoms with Gasteiger partial charge in [0.15, 0.2) is 0 Å². The Morgan fingerprint density at radius 1 is 0.645 bits per heavy atom. The predicted octanol–water partition coefficient (Wildman–Crippen LogP) is 3.71. The molecule has 0 saturated carbocycles. The zero-order chi connectivity index (χ0) is 22.4. The monoisotopic (exact) mass is 422 g/mol. The molecule has 0 aliphatic rings. The molecule has 0 amide bonds. The SMILES string of the molecule is COc1cc(OC)cc(C(c2cc(OC)cc(OC)c2)C(N)(N)Cc2ccccc2)c1. The summed E-state index contributed by atoms with van der Waals surface area (Å²) in [5.74, 6) is 2.23. The summed E-state index contributed by atoms with van der Waals surface area (Å²) >= 11 is 0. The van der Waals surface area contributed by atoms with Gasteiger partial charge in [-0.3, -0.25) is 0 Å². The van der Waals surface area contributed by atoms with E-state index in [-0.39, 0.29) is 0 Å². The highest BCUT2D eigenvalue weighted by Crippen LogP contribution is 2.39. The first-order valence-electron chi connectivity index (χ1n) is 9.97. The highest BCUT2D eigenvalue weighted by molar-refractivity contribution is 5.49. The molecule has 6 nitrogen and oxygen atoms in total. The first-order chi connectivity index (χ1) is 14.9. The predicted molar refractivity (Wildman–Crippen MR) is 122 cm³/mol. The summed E-state index contributed by atoms with van der Waals surface area (Å²) in [4.78, 5) is 0. The van der Waals surface area contributed by atoms with Crippen LogP contribution in [0.4, 0.5) is 0 Å². The Kier molecular flexibility index (Phi) is 7.05. The van der Waals surface area contributed by atoms with E-state index in [2.05, 4.69) is 0 Å². The van der Waals surface area contributed by atoms with Crippen LogP contribution in [0.5, 0.6) is 23.0 Å². The molecular weight excluding hydrogens is 392 g/mol. The maximum absolute atomic E-state index is 6.84. The third-order valence-electron chi connectivity index (χ3n) is 5.30. The van der Waals surface area contributed by atoms with E-state index < -0.39 is 11.6 Å². The summed E-state index contributed by atoms with van der Waals surface area (Å²) in [5.41, 5.74) is 15.3. The van der Waals surface area contributed by atoms with Crippen molar-refractivity contribution >= 4 is 0 Å². The van der Waals surface area contributed by atoms with Crippen LogP contribution in [-0.2, 0) is 6.42 Å². The Morgan fingerprint density at radius 3 is 1.39 bits per heavy atom. The molecule has 31 heavy (non-hydrogen) atoms. The van der Waals surface area contributed by atoms with Gasteiger partial charge in [-0.15, -0.1) is 0 Å². The Bertz CT molecular complexity index is 906. The quantitative estimate of drug-likeness (QED) is 0.511. The lowest BCUT2D eigenvalue weighted by Gasteiger charge is -2.35. The van der Waals surface area contributed by atoms with Gasteiger partial charge in [-0.05, 0) is 41.0 Å². The first kappa shape index (κ1) is 22.5. The summed E-state index contributed by atoms with van der Waals surface area (Å²) in [6.45, 7) is 0. The van der Waals surface area contributed by atoms with Crippen LogP contribution in [0.3, 0.4) is 0 Å². The molecule has 3 aromatic rings. The van der Waals surface area contributed by atoms with E-state index in [9.17, 15) is 0 Å². The summed E-state index contributed by atoms with van der Waals surface area (Å²) in [7, 11) is 6.46. The van der Waals surface area contributed by atoms with Crippen molar-refractivity contribution in [1.29, 1.82) is 0 Å². The molecular formula is C25H30N2O4. The summed E-state index contributed by atoms with van der Waals surface area (Å²) in [6.07, 6.45) is 0.456. The minimum absolute atomic E-state index is 0.402. The van der Waals surface area contributed by atoms with Gasteiger partial charge in [-0.2, -0.15) is 0 Å². The molecule has 3 rings (SSSR count). The van der Waals surface area contributed by atoms with Crippen molar-refractivity contribution in [3.05, 3.63) is 83.4 Å². The number of methoxy groups -OCH3 is 4. The maximum Gasteiger partial charge on any atom is 0.122 e. The fourth-order valence-corrected chi connectivity index (χ4v) is 3.86. The minimum atomic E-state index is -1.13. The molecule has 0 atom stereocenters. The summed E-state index contributed by atoms with van der Waals surface area (Å²) in [6, 6.07) is 21.3. The maximum atomic E-state index is 6.84. The minimum Gasteiger partial charge on any atom is -0.497 e. The van der Waals surface area contributed by atoms with Crippen LogP contribution in [0.1, 0.15) is 22.6 Å². The second-order valence-electron chi connectivity index (χ2n) is 7.50. The van der Waals surface area contributed by atoms with Crippen LogP contribution >= 0.6 is 0 Å². The molecule has 0 aliphatic heterocycles. The van der Waals surface area contributed by atoms with Crippen molar-refractivity contribution in [3.63, 3.8) is 0 Å². The van der Waals surface area contributed by atoms with E-state index in [1.165, 1.54) is 0 Å². The van der Waals surface area contributed by atoms with Gasteiger partial charge in [-0.1, -0.05) is 30.3 Å². The Hall–Kier alpha value is -3.22. The number of rotatable bonds is 9. The van der Waals surface area contributed by atoms with Gasteiger partial charge in [0.1, 0.15) is 23.0 Å². The van der Waals surface area contributed by atoms with E-state index in [1.807, 2.05) is 66.7 Å². The van der Waals surface area contributed by atoms with Crippen LogP contribution in [0.25, 0.3) is 0 Å². The molecule has 0 aromatic heterocycles. The second kappa shape index (κ2) is 9.73. The standard InChI is InChI=1S/C25H30N2O4/c1-28-20-10-18(11-21(14-20)29-2)24(19-12-22(30-3)15-23(13-19)31-4)25(26,27)16-17-8-6-5-7-9-17/h5-15,24H,16,26-27H2,1-4H3. The van der Waals surface area contributed by atoms with Crippen molar-refractivity contribution in [1.82, 2.24) is 0 Å². The third kappa shape index (κ3) is 5.29. The molecule has 0 heterocycles. The molecule has 0 fully saturated rings. The molecule has 164 valence electrons. The molecule has 0 spiro atoms. The molecule has 3 aromatic carbocycles. The number of ether oxygens (including phenoxy) is 4. The highest BCUT2D eigenvalue weighted by atomic mass is 16.5. The number of hydrogen-bond donors (Lipinski definition) is 2. The van der Waals surface area contributed by atoms with Gasteiger partial charge in [0.25, 0.3) is 0 Å². The molecule has 0 bridgehead atoms. The fraction of sp³-hybridized carbons (Fsp3) is 0.280. The molecule has 0 aliphatic carbocycles. The Morgan fingerprint density at radius 2 is 1.03 bits per heavy atom. The van der Waals surface area contributed by atoms with Crippen molar-refractivity contribution < 1.29 is 18.9 Å². The van der Waals surface area contributed by atoms with E-state index in [1.54, 1.807) is 28.4 Å². The van der Waals surface area contributed by atoms with Crippen molar-refractivity contribution in [2.24, 2.45) is 11.5 Å². The van der Waals surface area contributed by atoms with Gasteiger partial charge in [0.2, 0.25) is 0 Å². The zero-order valence-corrected chi connectivity index (χ0v) is 18.4.